The van der Waals surface area contributed by atoms with Crippen molar-refractivity contribution in [3.8, 4) is 0 Å². The first-order chi connectivity index (χ1) is 14.6. The number of hydrogen-bond acceptors (Lipinski definition) is 9. The lowest BCUT2D eigenvalue weighted by Gasteiger charge is -2.58. The number of hydrogen-bond donors (Lipinski definition) is 4. The quantitative estimate of drug-likeness (QED) is 0.475. The van der Waals surface area contributed by atoms with E-state index in [4.69, 9.17) is 23.7 Å². The fourth-order valence-electron chi connectivity index (χ4n) is 6.59. The summed E-state index contributed by atoms with van der Waals surface area (Å²) in [6, 6.07) is 0. The van der Waals surface area contributed by atoms with Crippen molar-refractivity contribution in [1.82, 2.24) is 0 Å². The van der Waals surface area contributed by atoms with Gasteiger partial charge in [0.2, 0.25) is 0 Å². The van der Waals surface area contributed by atoms with E-state index in [1.165, 1.54) is 0 Å². The Morgan fingerprint density at radius 2 is 1.71 bits per heavy atom. The Bertz CT molecular complexity index is 733. The molecule has 13 atom stereocenters. The van der Waals surface area contributed by atoms with Gasteiger partial charge in [-0.15, -0.1) is 0 Å². The van der Waals surface area contributed by atoms with Gasteiger partial charge in [0.1, 0.15) is 23.9 Å². The minimum Gasteiger partial charge on any atom is -0.479 e. The number of ether oxygens (including phenoxy) is 5. The average molecular weight is 444 g/mol. The van der Waals surface area contributed by atoms with E-state index >= 15 is 0 Å². The number of rotatable bonds is 3. The molecule has 0 aromatic carbocycles. The Balaban J connectivity index is 1.40. The first-order valence-corrected chi connectivity index (χ1v) is 11.2. The second-order valence-electron chi connectivity index (χ2n) is 10.1. The third-order valence-corrected chi connectivity index (χ3v) is 8.21. The molecule has 176 valence electrons. The lowest BCUT2D eigenvalue weighted by atomic mass is 9.57. The first-order valence-electron chi connectivity index (χ1n) is 11.2. The molecule has 4 heterocycles. The topological polar surface area (TPSA) is 144 Å². The molecule has 2 bridgehead atoms. The molecule has 4 N–H and O–H groups in total. The Hall–Kier alpha value is -0.850. The molecule has 10 heteroatoms. The van der Waals surface area contributed by atoms with E-state index in [1.807, 2.05) is 13.8 Å². The molecular weight excluding hydrogens is 412 g/mol. The third kappa shape index (κ3) is 3.11. The fourth-order valence-corrected chi connectivity index (χ4v) is 6.59. The number of carboxylic acid groups (broad SMARTS) is 1. The van der Waals surface area contributed by atoms with Crippen molar-refractivity contribution in [2.75, 3.05) is 0 Å². The highest BCUT2D eigenvalue weighted by Gasteiger charge is 2.71. The summed E-state index contributed by atoms with van der Waals surface area (Å²) in [5, 5.41) is 39.6. The van der Waals surface area contributed by atoms with E-state index < -0.39 is 60.6 Å². The van der Waals surface area contributed by atoms with Crippen molar-refractivity contribution >= 4 is 5.97 Å². The number of fused-ring (bicyclic) bond motifs is 1. The summed E-state index contributed by atoms with van der Waals surface area (Å²) >= 11 is 0. The molecule has 1 aliphatic carbocycles. The smallest absolute Gasteiger partial charge is 0.335 e. The second-order valence-corrected chi connectivity index (χ2v) is 10.1. The van der Waals surface area contributed by atoms with Crippen molar-refractivity contribution in [3.63, 3.8) is 0 Å². The van der Waals surface area contributed by atoms with E-state index in [-0.39, 0.29) is 11.8 Å². The summed E-state index contributed by atoms with van der Waals surface area (Å²) in [5.41, 5.74) is -0.560. The number of carbonyl (C=O) groups is 1. The van der Waals surface area contributed by atoms with Crippen LogP contribution in [0.1, 0.15) is 46.5 Å². The Labute approximate surface area is 180 Å². The molecule has 5 fully saturated rings. The number of aliphatic hydroxyl groups excluding tert-OH is 3. The molecule has 5 rings (SSSR count). The maximum Gasteiger partial charge on any atom is 0.335 e. The molecule has 0 radical (unpaired) electrons. The summed E-state index contributed by atoms with van der Waals surface area (Å²) in [5.74, 6) is -1.46. The average Bonchev–Trinajstić information content (AvgIpc) is 2.93. The van der Waals surface area contributed by atoms with Crippen molar-refractivity contribution in [1.29, 1.82) is 0 Å². The summed E-state index contributed by atoms with van der Waals surface area (Å²) < 4.78 is 30.2. The van der Waals surface area contributed by atoms with Crippen LogP contribution >= 0.6 is 0 Å². The van der Waals surface area contributed by atoms with Crippen LogP contribution in [-0.4, -0.2) is 81.1 Å². The van der Waals surface area contributed by atoms with Crippen LogP contribution in [0.15, 0.2) is 0 Å². The molecule has 5 aliphatic rings. The van der Waals surface area contributed by atoms with E-state index in [2.05, 4.69) is 6.92 Å². The van der Waals surface area contributed by atoms with Crippen molar-refractivity contribution < 1.29 is 48.9 Å². The van der Waals surface area contributed by atoms with Crippen LogP contribution in [0.4, 0.5) is 0 Å². The summed E-state index contributed by atoms with van der Waals surface area (Å²) in [6.45, 7) is 6.16. The normalized spacial score (nSPS) is 58.6. The molecule has 0 aromatic rings. The van der Waals surface area contributed by atoms with Crippen LogP contribution in [0.3, 0.4) is 0 Å². The van der Waals surface area contributed by atoms with Crippen LogP contribution in [-0.2, 0) is 28.5 Å². The molecule has 1 saturated carbocycles. The molecule has 0 unspecified atom stereocenters. The minimum absolute atomic E-state index is 0.0890. The molecule has 4 aliphatic heterocycles. The van der Waals surface area contributed by atoms with Gasteiger partial charge < -0.3 is 44.1 Å². The first kappa shape index (κ1) is 22.0. The van der Waals surface area contributed by atoms with Crippen LogP contribution in [0, 0.1) is 23.7 Å². The van der Waals surface area contributed by atoms with Crippen LogP contribution in [0.25, 0.3) is 0 Å². The van der Waals surface area contributed by atoms with E-state index in [0.29, 0.717) is 11.8 Å². The van der Waals surface area contributed by atoms with Gasteiger partial charge in [-0.05, 0) is 38.0 Å². The highest BCUT2D eigenvalue weighted by atomic mass is 16.9. The maximum absolute atomic E-state index is 11.4. The minimum atomic E-state index is -1.77. The molecule has 0 amide bonds. The Kier molecular flexibility index (Phi) is 5.19. The summed E-state index contributed by atoms with van der Waals surface area (Å²) in [4.78, 5) is 11.4. The fraction of sp³-hybridized carbons (Fsp3) is 0.952. The molecule has 1 spiro atoms. The van der Waals surface area contributed by atoms with Crippen molar-refractivity contribution in [2.45, 2.75) is 101 Å². The monoisotopic (exact) mass is 444 g/mol. The zero-order chi connectivity index (χ0) is 22.3. The van der Waals surface area contributed by atoms with E-state index in [9.17, 15) is 25.2 Å². The summed E-state index contributed by atoms with van der Waals surface area (Å²) in [7, 11) is 0. The Morgan fingerprint density at radius 3 is 2.42 bits per heavy atom. The van der Waals surface area contributed by atoms with Gasteiger partial charge in [0.15, 0.2) is 30.8 Å². The van der Waals surface area contributed by atoms with Gasteiger partial charge in [-0.2, -0.15) is 0 Å². The van der Waals surface area contributed by atoms with Gasteiger partial charge in [-0.3, -0.25) is 0 Å². The van der Waals surface area contributed by atoms with Crippen LogP contribution in [0.5, 0.6) is 0 Å². The standard InChI is InChI=1S/C21H32O10/c1-8-4-5-11-9(2)17(28-18-14(24)12(22)13(23)15(27-18)16(25)26)29-19-21(11)10(8)6-7-20(3,30-19)31-21/h8-15,17-19,22-24H,4-7H2,1-3H3,(H,25,26)/t8-,9-,10+,11+,12+,13+,14-,15+,17+,18+,19-,20-,21-/m1/s1. The predicted molar refractivity (Wildman–Crippen MR) is 101 cm³/mol. The molecule has 31 heavy (non-hydrogen) atoms. The third-order valence-electron chi connectivity index (χ3n) is 8.21. The zero-order valence-electron chi connectivity index (χ0n) is 17.9. The van der Waals surface area contributed by atoms with Crippen molar-refractivity contribution in [2.24, 2.45) is 23.7 Å². The highest BCUT2D eigenvalue weighted by Crippen LogP contribution is 2.63. The number of carboxylic acids is 1. The lowest BCUT2D eigenvalue weighted by molar-refractivity contribution is -0.388. The van der Waals surface area contributed by atoms with Gasteiger partial charge in [-0.1, -0.05) is 13.8 Å². The SMILES string of the molecule is C[C@H]1[C@@H](O[C@@H]2O[C@H](C(=O)O)[C@@H](O)[C@H](O)[C@H]2O)O[C@@H]2O[C@@]3(C)CC[C@H]4[C@H](C)CC[C@@H]1[C@@]24O3. The Morgan fingerprint density at radius 1 is 0.968 bits per heavy atom. The van der Waals surface area contributed by atoms with Gasteiger partial charge in [0.25, 0.3) is 0 Å². The molecule has 4 saturated heterocycles. The van der Waals surface area contributed by atoms with Crippen molar-refractivity contribution in [3.05, 3.63) is 0 Å². The zero-order valence-corrected chi connectivity index (χ0v) is 17.9. The van der Waals surface area contributed by atoms with Gasteiger partial charge >= 0.3 is 5.97 Å². The van der Waals surface area contributed by atoms with E-state index in [0.717, 1.165) is 25.7 Å². The summed E-state index contributed by atoms with van der Waals surface area (Å²) in [6.07, 6.45) is -6.10. The van der Waals surface area contributed by atoms with Gasteiger partial charge in [0, 0.05) is 18.3 Å². The number of aliphatic hydroxyl groups is 3. The lowest BCUT2D eigenvalue weighted by Crippen LogP contribution is -2.67. The van der Waals surface area contributed by atoms with Gasteiger partial charge in [-0.25, -0.2) is 4.79 Å². The maximum atomic E-state index is 11.4. The molecular formula is C21H32O10. The van der Waals surface area contributed by atoms with E-state index in [1.54, 1.807) is 0 Å². The molecule has 0 aromatic heterocycles. The van der Waals surface area contributed by atoms with Crippen LogP contribution < -0.4 is 0 Å². The van der Waals surface area contributed by atoms with Gasteiger partial charge in [0.05, 0.1) is 0 Å². The number of aliphatic carboxylic acids is 1. The predicted octanol–water partition coefficient (Wildman–Crippen LogP) is 0.172. The molecule has 10 nitrogen and oxygen atoms in total. The second kappa shape index (κ2) is 7.33. The van der Waals surface area contributed by atoms with Crippen LogP contribution in [0.2, 0.25) is 0 Å². The highest BCUT2D eigenvalue weighted by molar-refractivity contribution is 5.73. The largest absolute Gasteiger partial charge is 0.479 e.